The molecule has 1 amide bonds. The van der Waals surface area contributed by atoms with Gasteiger partial charge in [0.15, 0.2) is 6.54 Å². The maximum atomic E-state index is 12.1. The summed E-state index contributed by atoms with van der Waals surface area (Å²) in [6.07, 6.45) is 0. The minimum absolute atomic E-state index is 0.0249. The number of benzene rings is 1. The number of carbonyl (C=O) groups excluding carboxylic acids is 1. The predicted molar refractivity (Wildman–Crippen MR) is 101 cm³/mol. The van der Waals surface area contributed by atoms with Gasteiger partial charge in [-0.3, -0.25) is 4.79 Å². The Morgan fingerprint density at radius 3 is 2.75 bits per heavy atom. The lowest BCUT2D eigenvalue weighted by Crippen LogP contribution is -3.08. The molecule has 0 fully saturated rings. The highest BCUT2D eigenvalue weighted by molar-refractivity contribution is 7.14. The maximum absolute atomic E-state index is 12.1. The summed E-state index contributed by atoms with van der Waals surface area (Å²) >= 11 is 9.15. The van der Waals surface area contributed by atoms with Crippen LogP contribution in [0.1, 0.15) is 5.69 Å². The number of nitrogens with zero attached hydrogens (tertiary/aromatic N) is 1. The number of nitrogens with one attached hydrogen (secondary N) is 2. The van der Waals surface area contributed by atoms with Gasteiger partial charge in [-0.1, -0.05) is 11.6 Å². The molecule has 2 aromatic heterocycles. The quantitative estimate of drug-likeness (QED) is 0.692. The Bertz CT molecular complexity index is 800. The van der Waals surface area contributed by atoms with Crippen molar-refractivity contribution < 1.29 is 9.69 Å². The molecule has 0 aliphatic carbocycles. The number of halogens is 1. The van der Waals surface area contributed by atoms with Crippen molar-refractivity contribution in [2.75, 3.05) is 18.9 Å². The highest BCUT2D eigenvalue weighted by atomic mass is 35.5. The molecule has 2 heterocycles. The van der Waals surface area contributed by atoms with Gasteiger partial charge in [-0.2, -0.15) is 11.3 Å². The lowest BCUT2D eigenvalue weighted by molar-refractivity contribution is -0.885. The minimum atomic E-state index is -0.0249. The largest absolute Gasteiger partial charge is 0.325 e. The van der Waals surface area contributed by atoms with Crippen molar-refractivity contribution in [3.05, 3.63) is 57.2 Å². The number of likely N-dealkylation sites (N-methyl/N-ethyl adjacent to an activating group) is 1. The SMILES string of the molecule is C[NH+](CC(=O)Nc1ccc(Cl)cc1)Cc1csc(-c2ccsc2)n1. The summed E-state index contributed by atoms with van der Waals surface area (Å²) in [5.74, 6) is -0.0249. The Kier molecular flexibility index (Phi) is 5.63. The van der Waals surface area contributed by atoms with E-state index in [-0.39, 0.29) is 5.91 Å². The maximum Gasteiger partial charge on any atom is 0.279 e. The van der Waals surface area contributed by atoms with Crippen LogP contribution in [0.3, 0.4) is 0 Å². The van der Waals surface area contributed by atoms with E-state index in [1.54, 1.807) is 46.9 Å². The smallest absolute Gasteiger partial charge is 0.279 e. The number of thiazole rings is 1. The molecule has 1 atom stereocenters. The van der Waals surface area contributed by atoms with Gasteiger partial charge in [0, 0.05) is 27.0 Å². The second kappa shape index (κ2) is 7.90. The molecule has 0 spiro atoms. The zero-order valence-electron chi connectivity index (χ0n) is 13.1. The zero-order chi connectivity index (χ0) is 16.9. The first-order valence-electron chi connectivity index (χ1n) is 7.44. The van der Waals surface area contributed by atoms with Gasteiger partial charge in [0.1, 0.15) is 17.2 Å². The third kappa shape index (κ3) is 4.64. The molecule has 2 N–H and O–H groups in total. The van der Waals surface area contributed by atoms with Crippen molar-refractivity contribution in [1.29, 1.82) is 0 Å². The van der Waals surface area contributed by atoms with Gasteiger partial charge in [0.05, 0.1) is 7.05 Å². The van der Waals surface area contributed by atoms with Gasteiger partial charge < -0.3 is 10.2 Å². The average Bonchev–Trinajstić information content (AvgIpc) is 3.20. The van der Waals surface area contributed by atoms with Crippen LogP contribution in [0.15, 0.2) is 46.5 Å². The van der Waals surface area contributed by atoms with Crippen LogP contribution in [0.4, 0.5) is 5.69 Å². The summed E-state index contributed by atoms with van der Waals surface area (Å²) in [5.41, 5.74) is 2.93. The Hall–Kier alpha value is -1.73. The fraction of sp³-hybridized carbons (Fsp3) is 0.176. The molecule has 0 saturated carbocycles. The fourth-order valence-corrected chi connectivity index (χ4v) is 3.95. The molecular weight excluding hydrogens is 362 g/mol. The van der Waals surface area contributed by atoms with Crippen LogP contribution in [-0.2, 0) is 11.3 Å². The van der Waals surface area contributed by atoms with Crippen molar-refractivity contribution in [2.24, 2.45) is 0 Å². The van der Waals surface area contributed by atoms with Crippen LogP contribution >= 0.6 is 34.3 Å². The Balaban J connectivity index is 1.52. The molecule has 24 heavy (non-hydrogen) atoms. The summed E-state index contributed by atoms with van der Waals surface area (Å²) in [6, 6.07) is 9.18. The first kappa shape index (κ1) is 17.1. The summed E-state index contributed by atoms with van der Waals surface area (Å²) in [6.45, 7) is 1.10. The van der Waals surface area contributed by atoms with E-state index >= 15 is 0 Å². The third-order valence-electron chi connectivity index (χ3n) is 3.39. The summed E-state index contributed by atoms with van der Waals surface area (Å²) < 4.78 is 0. The number of anilines is 1. The molecule has 7 heteroatoms. The lowest BCUT2D eigenvalue weighted by atomic mass is 10.3. The first-order chi connectivity index (χ1) is 11.6. The molecule has 0 bridgehead atoms. The summed E-state index contributed by atoms with van der Waals surface area (Å²) in [5, 5.41) is 10.8. The molecule has 0 saturated heterocycles. The van der Waals surface area contributed by atoms with Gasteiger partial charge in [0.2, 0.25) is 0 Å². The zero-order valence-corrected chi connectivity index (χ0v) is 15.5. The van der Waals surface area contributed by atoms with E-state index < -0.39 is 0 Å². The van der Waals surface area contributed by atoms with E-state index in [4.69, 9.17) is 11.6 Å². The number of aromatic nitrogens is 1. The topological polar surface area (TPSA) is 46.4 Å². The molecule has 4 nitrogen and oxygen atoms in total. The van der Waals surface area contributed by atoms with Crippen LogP contribution in [0, 0.1) is 0 Å². The normalized spacial score (nSPS) is 12.1. The molecule has 3 rings (SSSR count). The number of quaternary nitrogens is 1. The van der Waals surface area contributed by atoms with Crippen LogP contribution in [0.25, 0.3) is 10.6 Å². The van der Waals surface area contributed by atoms with E-state index in [1.807, 2.05) is 7.05 Å². The van der Waals surface area contributed by atoms with E-state index in [9.17, 15) is 4.79 Å². The molecule has 1 aromatic carbocycles. The number of thiophene rings is 1. The molecule has 0 aliphatic heterocycles. The monoisotopic (exact) mass is 378 g/mol. The molecule has 0 radical (unpaired) electrons. The number of carbonyl (C=O) groups is 1. The van der Waals surface area contributed by atoms with E-state index in [2.05, 4.69) is 32.5 Å². The van der Waals surface area contributed by atoms with Crippen LogP contribution in [-0.4, -0.2) is 24.5 Å². The summed E-state index contributed by atoms with van der Waals surface area (Å²) in [7, 11) is 1.99. The van der Waals surface area contributed by atoms with Crippen LogP contribution in [0.5, 0.6) is 0 Å². The second-order valence-electron chi connectivity index (χ2n) is 5.52. The Morgan fingerprint density at radius 1 is 1.25 bits per heavy atom. The van der Waals surface area contributed by atoms with Crippen LogP contribution in [0.2, 0.25) is 5.02 Å². The number of amides is 1. The average molecular weight is 379 g/mol. The Labute approximate surface area is 153 Å². The first-order valence-corrected chi connectivity index (χ1v) is 9.64. The highest BCUT2D eigenvalue weighted by Gasteiger charge is 2.13. The number of hydrogen-bond donors (Lipinski definition) is 2. The number of rotatable bonds is 6. The second-order valence-corrected chi connectivity index (χ2v) is 7.60. The lowest BCUT2D eigenvalue weighted by Gasteiger charge is -2.12. The van der Waals surface area contributed by atoms with Gasteiger partial charge in [-0.25, -0.2) is 4.98 Å². The van der Waals surface area contributed by atoms with Crippen molar-refractivity contribution in [1.82, 2.24) is 4.98 Å². The van der Waals surface area contributed by atoms with E-state index in [0.29, 0.717) is 18.1 Å². The molecular formula is C17H17ClN3OS2+. The van der Waals surface area contributed by atoms with Crippen molar-refractivity contribution in [3.8, 4) is 10.6 Å². The van der Waals surface area contributed by atoms with Gasteiger partial charge in [0.25, 0.3) is 5.91 Å². The molecule has 1 unspecified atom stereocenters. The van der Waals surface area contributed by atoms with Gasteiger partial charge >= 0.3 is 0 Å². The van der Waals surface area contributed by atoms with Gasteiger partial charge in [-0.05, 0) is 35.7 Å². The summed E-state index contributed by atoms with van der Waals surface area (Å²) in [4.78, 5) is 17.8. The predicted octanol–water partition coefficient (Wildman–Crippen LogP) is 3.18. The Morgan fingerprint density at radius 2 is 2.04 bits per heavy atom. The van der Waals surface area contributed by atoms with E-state index in [0.717, 1.165) is 26.9 Å². The van der Waals surface area contributed by atoms with Crippen molar-refractivity contribution >= 4 is 45.9 Å². The van der Waals surface area contributed by atoms with Gasteiger partial charge in [-0.15, -0.1) is 11.3 Å². The van der Waals surface area contributed by atoms with E-state index in [1.165, 1.54) is 0 Å². The minimum Gasteiger partial charge on any atom is -0.325 e. The van der Waals surface area contributed by atoms with Crippen LogP contribution < -0.4 is 10.2 Å². The third-order valence-corrected chi connectivity index (χ3v) is 5.27. The van der Waals surface area contributed by atoms with Crippen molar-refractivity contribution in [2.45, 2.75) is 6.54 Å². The highest BCUT2D eigenvalue weighted by Crippen LogP contribution is 2.25. The fourth-order valence-electron chi connectivity index (χ4n) is 2.29. The number of hydrogen-bond acceptors (Lipinski definition) is 4. The standard InChI is InChI=1S/C17H16ClN3OS2/c1-21(9-16(22)19-14-4-2-13(18)3-5-14)8-15-11-24-17(20-15)12-6-7-23-10-12/h2-7,10-11H,8-9H2,1H3,(H,19,22)/p+1. The molecule has 124 valence electrons. The molecule has 3 aromatic rings. The van der Waals surface area contributed by atoms with Crippen molar-refractivity contribution in [3.63, 3.8) is 0 Å². The molecule has 0 aliphatic rings.